The molecule has 1 aliphatic carbocycles. The Kier molecular flexibility index (Phi) is 4.10. The van der Waals surface area contributed by atoms with Crippen LogP contribution >= 0.6 is 27.5 Å². The Hall–Kier alpha value is -0.540. The highest BCUT2D eigenvalue weighted by Crippen LogP contribution is 2.28. The minimum Gasteiger partial charge on any atom is -0.349 e. The van der Waals surface area contributed by atoms with Gasteiger partial charge in [0.15, 0.2) is 0 Å². The Bertz CT molecular complexity index is 435. The van der Waals surface area contributed by atoms with Gasteiger partial charge in [-0.15, -0.1) is 0 Å². The van der Waals surface area contributed by atoms with E-state index in [0.717, 1.165) is 10.9 Å². The standard InChI is InChI=1S/C13H15BrClNO/c1-8-4-2-7-11(8)16-13(17)9-5-3-6-10(14)12(9)15/h3,5-6,8,11H,2,4,7H2,1H3,(H,16,17). The quantitative estimate of drug-likeness (QED) is 0.877. The summed E-state index contributed by atoms with van der Waals surface area (Å²) in [5.74, 6) is 0.486. The zero-order valence-corrected chi connectivity index (χ0v) is 12.0. The first-order valence-corrected chi connectivity index (χ1v) is 7.01. The van der Waals surface area contributed by atoms with E-state index in [1.807, 2.05) is 12.1 Å². The van der Waals surface area contributed by atoms with Crippen LogP contribution in [0.2, 0.25) is 5.02 Å². The highest BCUT2D eigenvalue weighted by molar-refractivity contribution is 9.10. The summed E-state index contributed by atoms with van der Waals surface area (Å²) in [5, 5.41) is 3.55. The van der Waals surface area contributed by atoms with E-state index in [2.05, 4.69) is 28.2 Å². The summed E-state index contributed by atoms with van der Waals surface area (Å²) < 4.78 is 0.756. The van der Waals surface area contributed by atoms with Gasteiger partial charge in [-0.25, -0.2) is 0 Å². The van der Waals surface area contributed by atoms with E-state index in [-0.39, 0.29) is 11.9 Å². The van der Waals surface area contributed by atoms with Crippen LogP contribution in [0.3, 0.4) is 0 Å². The molecule has 1 aliphatic rings. The second-order valence-corrected chi connectivity index (χ2v) is 5.82. The maximum absolute atomic E-state index is 12.1. The van der Waals surface area contributed by atoms with Crippen LogP contribution < -0.4 is 5.32 Å². The third-order valence-electron chi connectivity index (χ3n) is 3.37. The largest absolute Gasteiger partial charge is 0.349 e. The van der Waals surface area contributed by atoms with Gasteiger partial charge >= 0.3 is 0 Å². The average molecular weight is 317 g/mol. The highest BCUT2D eigenvalue weighted by atomic mass is 79.9. The molecule has 0 spiro atoms. The maximum Gasteiger partial charge on any atom is 0.253 e. The maximum atomic E-state index is 12.1. The van der Waals surface area contributed by atoms with E-state index in [1.165, 1.54) is 12.8 Å². The molecule has 92 valence electrons. The van der Waals surface area contributed by atoms with Crippen molar-refractivity contribution in [3.05, 3.63) is 33.3 Å². The molecular weight excluding hydrogens is 302 g/mol. The fourth-order valence-electron chi connectivity index (χ4n) is 2.29. The lowest BCUT2D eigenvalue weighted by Gasteiger charge is -2.17. The molecule has 1 aromatic carbocycles. The zero-order chi connectivity index (χ0) is 12.4. The summed E-state index contributed by atoms with van der Waals surface area (Å²) in [7, 11) is 0. The Morgan fingerprint density at radius 1 is 1.47 bits per heavy atom. The molecule has 0 saturated heterocycles. The number of halogens is 2. The normalized spacial score (nSPS) is 23.7. The summed E-state index contributed by atoms with van der Waals surface area (Å²) in [4.78, 5) is 12.1. The molecule has 2 unspecified atom stereocenters. The minimum atomic E-state index is -0.0740. The lowest BCUT2D eigenvalue weighted by Crippen LogP contribution is -2.36. The monoisotopic (exact) mass is 315 g/mol. The molecule has 1 saturated carbocycles. The van der Waals surface area contributed by atoms with Crippen molar-refractivity contribution in [1.82, 2.24) is 5.32 Å². The number of hydrogen-bond donors (Lipinski definition) is 1. The van der Waals surface area contributed by atoms with E-state index >= 15 is 0 Å². The predicted molar refractivity (Wildman–Crippen MR) is 73.4 cm³/mol. The van der Waals surface area contributed by atoms with Gasteiger partial charge in [-0.3, -0.25) is 4.79 Å². The van der Waals surface area contributed by atoms with Crippen LogP contribution in [-0.4, -0.2) is 11.9 Å². The van der Waals surface area contributed by atoms with E-state index in [4.69, 9.17) is 11.6 Å². The van der Waals surface area contributed by atoms with E-state index in [9.17, 15) is 4.79 Å². The van der Waals surface area contributed by atoms with Gasteiger partial charge in [0.2, 0.25) is 0 Å². The van der Waals surface area contributed by atoms with Crippen molar-refractivity contribution in [2.75, 3.05) is 0 Å². The molecule has 0 heterocycles. The number of benzene rings is 1. The lowest BCUT2D eigenvalue weighted by molar-refractivity contribution is 0.0930. The minimum absolute atomic E-state index is 0.0740. The van der Waals surface area contributed by atoms with Crippen LogP contribution in [0.15, 0.2) is 22.7 Å². The van der Waals surface area contributed by atoms with Crippen LogP contribution in [0.1, 0.15) is 36.5 Å². The molecule has 1 fully saturated rings. The number of carbonyl (C=O) groups is 1. The van der Waals surface area contributed by atoms with Gasteiger partial charge in [-0.05, 0) is 46.8 Å². The Balaban J connectivity index is 2.12. The molecule has 17 heavy (non-hydrogen) atoms. The van der Waals surface area contributed by atoms with Crippen molar-refractivity contribution in [1.29, 1.82) is 0 Å². The van der Waals surface area contributed by atoms with Crippen molar-refractivity contribution >= 4 is 33.4 Å². The first-order valence-electron chi connectivity index (χ1n) is 5.84. The summed E-state index contributed by atoms with van der Waals surface area (Å²) >= 11 is 9.43. The average Bonchev–Trinajstić information content (AvgIpc) is 2.68. The highest BCUT2D eigenvalue weighted by Gasteiger charge is 2.25. The van der Waals surface area contributed by atoms with Crippen molar-refractivity contribution < 1.29 is 4.79 Å². The third-order valence-corrected chi connectivity index (χ3v) is 4.67. The van der Waals surface area contributed by atoms with Gasteiger partial charge in [-0.1, -0.05) is 31.0 Å². The molecule has 0 aliphatic heterocycles. The Morgan fingerprint density at radius 2 is 2.24 bits per heavy atom. The van der Waals surface area contributed by atoms with Gasteiger partial charge < -0.3 is 5.32 Å². The molecule has 2 nitrogen and oxygen atoms in total. The molecule has 0 aromatic heterocycles. The van der Waals surface area contributed by atoms with Gasteiger partial charge in [0, 0.05) is 10.5 Å². The smallest absolute Gasteiger partial charge is 0.253 e. The number of nitrogens with one attached hydrogen (secondary N) is 1. The number of carbonyl (C=O) groups excluding carboxylic acids is 1. The first kappa shape index (κ1) is 12.9. The Morgan fingerprint density at radius 3 is 2.88 bits per heavy atom. The zero-order valence-electron chi connectivity index (χ0n) is 9.67. The van der Waals surface area contributed by atoms with Crippen LogP contribution in [0.5, 0.6) is 0 Å². The molecule has 0 radical (unpaired) electrons. The molecule has 1 aromatic rings. The second-order valence-electron chi connectivity index (χ2n) is 4.59. The van der Waals surface area contributed by atoms with Crippen molar-refractivity contribution in [2.45, 2.75) is 32.2 Å². The number of hydrogen-bond acceptors (Lipinski definition) is 1. The summed E-state index contributed by atoms with van der Waals surface area (Å²) in [5.41, 5.74) is 0.542. The summed E-state index contributed by atoms with van der Waals surface area (Å²) in [6.45, 7) is 2.18. The predicted octanol–water partition coefficient (Wildman–Crippen LogP) is 4.02. The van der Waals surface area contributed by atoms with Crippen LogP contribution in [0.4, 0.5) is 0 Å². The van der Waals surface area contributed by atoms with Crippen LogP contribution in [-0.2, 0) is 0 Å². The Labute approximate surface area is 115 Å². The van der Waals surface area contributed by atoms with E-state index in [1.54, 1.807) is 6.07 Å². The fraction of sp³-hybridized carbons (Fsp3) is 0.462. The van der Waals surface area contributed by atoms with E-state index < -0.39 is 0 Å². The molecular formula is C13H15BrClNO. The van der Waals surface area contributed by atoms with E-state index in [0.29, 0.717) is 16.5 Å². The van der Waals surface area contributed by atoms with Crippen LogP contribution in [0, 0.1) is 5.92 Å². The van der Waals surface area contributed by atoms with Crippen molar-refractivity contribution in [2.24, 2.45) is 5.92 Å². The fourth-order valence-corrected chi connectivity index (χ4v) is 2.86. The molecule has 1 amide bonds. The van der Waals surface area contributed by atoms with Crippen molar-refractivity contribution in [3.8, 4) is 0 Å². The second kappa shape index (κ2) is 5.40. The van der Waals surface area contributed by atoms with Gasteiger partial charge in [0.05, 0.1) is 10.6 Å². The topological polar surface area (TPSA) is 29.1 Å². The lowest BCUT2D eigenvalue weighted by atomic mass is 10.1. The first-order chi connectivity index (χ1) is 8.09. The molecule has 0 bridgehead atoms. The number of amides is 1. The van der Waals surface area contributed by atoms with Crippen molar-refractivity contribution in [3.63, 3.8) is 0 Å². The van der Waals surface area contributed by atoms with Gasteiger partial charge in [-0.2, -0.15) is 0 Å². The van der Waals surface area contributed by atoms with Gasteiger partial charge in [0.25, 0.3) is 5.91 Å². The summed E-state index contributed by atoms with van der Waals surface area (Å²) in [6, 6.07) is 5.69. The number of rotatable bonds is 2. The molecule has 4 heteroatoms. The SMILES string of the molecule is CC1CCCC1NC(=O)c1cccc(Br)c1Cl. The molecule has 1 N–H and O–H groups in total. The third kappa shape index (κ3) is 2.83. The summed E-state index contributed by atoms with van der Waals surface area (Å²) in [6.07, 6.45) is 3.45. The van der Waals surface area contributed by atoms with Gasteiger partial charge in [0.1, 0.15) is 0 Å². The van der Waals surface area contributed by atoms with Crippen LogP contribution in [0.25, 0.3) is 0 Å². The molecule has 2 atom stereocenters. The molecule has 2 rings (SSSR count).